The fourth-order valence-corrected chi connectivity index (χ4v) is 11.6. The minimum atomic E-state index is -1.53. The summed E-state index contributed by atoms with van der Waals surface area (Å²) in [4.78, 5) is 11.9. The standard InChI is InChI=1S/C36H56O12/c1-18-32(48-33-31(41)30(40)29(39)26(16-37)47-33)25(43-4)15-28(45-18)46-21-7-10-34(2)20(14-21)5-6-24-23(34)8-11-35(3)22(9-12-36(24,35)42)19-13-27(38)44-17-19/h13,18,20-26,28-33,37,39-42H,5-12,14-17H2,1-4H3/t18-,20?,21+,22-,23+,24-,25+,26-,28+,29-,30+,31-,32-,33+,34+,35-,36+/m1/s1. The molecular formula is C36H56O12. The van der Waals surface area contributed by atoms with E-state index in [1.165, 1.54) is 0 Å². The van der Waals surface area contributed by atoms with Crippen LogP contribution in [-0.2, 0) is 33.2 Å². The number of ether oxygens (including phenoxy) is 6. The Labute approximate surface area is 283 Å². The van der Waals surface area contributed by atoms with E-state index in [4.69, 9.17) is 28.4 Å². The van der Waals surface area contributed by atoms with Crippen LogP contribution in [0.4, 0.5) is 0 Å². The highest BCUT2D eigenvalue weighted by Gasteiger charge is 2.67. The Morgan fingerprint density at radius 3 is 2.42 bits per heavy atom. The molecule has 0 aromatic rings. The molecule has 4 saturated carbocycles. The molecule has 12 nitrogen and oxygen atoms in total. The van der Waals surface area contributed by atoms with Gasteiger partial charge in [-0.05, 0) is 99.4 Å². The molecule has 4 aliphatic carbocycles. The number of rotatable bonds is 7. The summed E-state index contributed by atoms with van der Waals surface area (Å²) >= 11 is 0. The fourth-order valence-electron chi connectivity index (χ4n) is 11.6. The molecule has 7 rings (SSSR count). The lowest BCUT2D eigenvalue weighted by Gasteiger charge is -2.64. The molecule has 3 aliphatic heterocycles. The molecule has 1 unspecified atom stereocenters. The SMILES string of the molecule is CO[C@H]1C[C@H](O[C@H]2CC[C@@]3(C)C(CC[C@@H]4[C@@H]3CC[C@]3(C)[C@@H](C5=CC(=O)OC5)CC[C@]43O)C2)O[C@H](C)[C@H]1O[C@@H]1O[C@H](CO)[C@@H](O)[C@H](O)[C@H]1O. The molecule has 0 amide bonds. The predicted molar refractivity (Wildman–Crippen MR) is 169 cm³/mol. The minimum absolute atomic E-state index is 0.0388. The van der Waals surface area contributed by atoms with Crippen LogP contribution in [0.5, 0.6) is 0 Å². The van der Waals surface area contributed by atoms with Gasteiger partial charge in [-0.25, -0.2) is 4.79 Å². The third-order valence-electron chi connectivity index (χ3n) is 14.3. The highest BCUT2D eigenvalue weighted by Crippen LogP contribution is 2.70. The van der Waals surface area contributed by atoms with Crippen molar-refractivity contribution in [1.82, 2.24) is 0 Å². The van der Waals surface area contributed by atoms with Crippen LogP contribution < -0.4 is 0 Å². The number of fused-ring (bicyclic) bond motifs is 5. The van der Waals surface area contributed by atoms with E-state index in [9.17, 15) is 30.3 Å². The summed E-state index contributed by atoms with van der Waals surface area (Å²) in [6.07, 6.45) is 1.91. The zero-order valence-electron chi connectivity index (χ0n) is 28.7. The summed E-state index contributed by atoms with van der Waals surface area (Å²) < 4.78 is 35.6. The van der Waals surface area contributed by atoms with Crippen molar-refractivity contribution in [1.29, 1.82) is 0 Å². The molecule has 0 aromatic carbocycles. The Hall–Kier alpha value is -1.19. The van der Waals surface area contributed by atoms with Crippen molar-refractivity contribution in [3.63, 3.8) is 0 Å². The number of hydrogen-bond donors (Lipinski definition) is 5. The average Bonchev–Trinajstić information content (AvgIpc) is 3.61. The number of methoxy groups -OCH3 is 1. The molecule has 3 heterocycles. The van der Waals surface area contributed by atoms with Gasteiger partial charge >= 0.3 is 5.97 Å². The molecule has 0 aromatic heterocycles. The molecule has 7 aliphatic rings. The summed E-state index contributed by atoms with van der Waals surface area (Å²) in [5, 5.41) is 52.9. The first-order valence-electron chi connectivity index (χ1n) is 18.2. The quantitative estimate of drug-likeness (QED) is 0.196. The van der Waals surface area contributed by atoms with Crippen molar-refractivity contribution >= 4 is 5.97 Å². The smallest absolute Gasteiger partial charge is 0.331 e. The largest absolute Gasteiger partial charge is 0.458 e. The summed E-state index contributed by atoms with van der Waals surface area (Å²) in [5.74, 6) is 1.14. The van der Waals surface area contributed by atoms with Crippen molar-refractivity contribution < 1.29 is 58.7 Å². The second-order valence-electron chi connectivity index (χ2n) is 16.4. The Morgan fingerprint density at radius 1 is 0.917 bits per heavy atom. The third kappa shape index (κ3) is 5.61. The molecule has 0 bridgehead atoms. The lowest BCUT2D eigenvalue weighted by atomic mass is 9.43. The third-order valence-corrected chi connectivity index (χ3v) is 14.3. The summed E-state index contributed by atoms with van der Waals surface area (Å²) in [5.41, 5.74) is 0.221. The molecule has 0 spiro atoms. The molecule has 6 fully saturated rings. The van der Waals surface area contributed by atoms with Crippen LogP contribution in [0.3, 0.4) is 0 Å². The number of aliphatic hydroxyl groups excluding tert-OH is 4. The Balaban J connectivity index is 0.971. The van der Waals surface area contributed by atoms with E-state index >= 15 is 0 Å². The van der Waals surface area contributed by atoms with E-state index in [1.54, 1.807) is 13.2 Å². The van der Waals surface area contributed by atoms with E-state index in [0.717, 1.165) is 63.4 Å². The highest BCUT2D eigenvalue weighted by molar-refractivity contribution is 5.85. The number of carbonyl (C=O) groups is 1. The fraction of sp³-hybridized carbons (Fsp3) is 0.917. The van der Waals surface area contributed by atoms with Crippen LogP contribution >= 0.6 is 0 Å². The maximum Gasteiger partial charge on any atom is 0.331 e. The van der Waals surface area contributed by atoms with Gasteiger partial charge in [0.2, 0.25) is 0 Å². The van der Waals surface area contributed by atoms with Gasteiger partial charge in [-0.1, -0.05) is 13.8 Å². The lowest BCUT2D eigenvalue weighted by Crippen LogP contribution is -2.62. The van der Waals surface area contributed by atoms with E-state index in [1.807, 2.05) is 6.92 Å². The number of esters is 1. The van der Waals surface area contributed by atoms with Gasteiger partial charge in [0.1, 0.15) is 37.1 Å². The number of hydrogen-bond acceptors (Lipinski definition) is 12. The predicted octanol–water partition coefficient (Wildman–Crippen LogP) is 1.96. The van der Waals surface area contributed by atoms with Crippen LogP contribution in [0.25, 0.3) is 0 Å². The number of aliphatic hydroxyl groups is 5. The van der Waals surface area contributed by atoms with Crippen LogP contribution in [-0.4, -0.2) is 119 Å². The number of cyclic esters (lactones) is 1. The van der Waals surface area contributed by atoms with Gasteiger partial charge in [-0.15, -0.1) is 0 Å². The molecule has 5 N–H and O–H groups in total. The van der Waals surface area contributed by atoms with E-state index in [-0.39, 0.29) is 34.7 Å². The minimum Gasteiger partial charge on any atom is -0.458 e. The van der Waals surface area contributed by atoms with Gasteiger partial charge in [0.25, 0.3) is 0 Å². The van der Waals surface area contributed by atoms with E-state index < -0.39 is 67.5 Å². The molecule has 0 radical (unpaired) electrons. The van der Waals surface area contributed by atoms with Gasteiger partial charge < -0.3 is 54.0 Å². The average molecular weight is 681 g/mol. The van der Waals surface area contributed by atoms with Gasteiger partial charge in [0.05, 0.1) is 30.5 Å². The van der Waals surface area contributed by atoms with Crippen LogP contribution in [0, 0.1) is 34.5 Å². The van der Waals surface area contributed by atoms with E-state index in [0.29, 0.717) is 24.9 Å². The van der Waals surface area contributed by atoms with Crippen molar-refractivity contribution in [2.75, 3.05) is 20.3 Å². The highest BCUT2D eigenvalue weighted by atomic mass is 16.7. The lowest BCUT2D eigenvalue weighted by molar-refractivity contribution is -0.345. The van der Waals surface area contributed by atoms with Gasteiger partial charge in [-0.2, -0.15) is 0 Å². The van der Waals surface area contributed by atoms with Crippen LogP contribution in [0.15, 0.2) is 11.6 Å². The zero-order valence-corrected chi connectivity index (χ0v) is 28.7. The first kappa shape index (κ1) is 35.2. The van der Waals surface area contributed by atoms with Gasteiger partial charge in [0, 0.05) is 25.0 Å². The Kier molecular flexibility index (Phi) is 9.61. The maximum atomic E-state index is 12.5. The topological polar surface area (TPSA) is 174 Å². The molecule has 2 saturated heterocycles. The first-order chi connectivity index (χ1) is 22.8. The molecular weight excluding hydrogens is 624 g/mol. The summed E-state index contributed by atoms with van der Waals surface area (Å²) in [7, 11) is 1.58. The van der Waals surface area contributed by atoms with E-state index in [2.05, 4.69) is 13.8 Å². The molecule has 17 atom stereocenters. The Bertz CT molecular complexity index is 1230. The van der Waals surface area contributed by atoms with Gasteiger partial charge in [0.15, 0.2) is 12.6 Å². The van der Waals surface area contributed by atoms with Crippen LogP contribution in [0.1, 0.15) is 85.0 Å². The van der Waals surface area contributed by atoms with Crippen molar-refractivity contribution in [3.05, 3.63) is 11.6 Å². The molecule has 48 heavy (non-hydrogen) atoms. The summed E-state index contributed by atoms with van der Waals surface area (Å²) in [6, 6.07) is 0. The maximum absolute atomic E-state index is 12.5. The zero-order chi connectivity index (χ0) is 34.2. The van der Waals surface area contributed by atoms with Crippen molar-refractivity contribution in [2.45, 2.75) is 152 Å². The monoisotopic (exact) mass is 680 g/mol. The van der Waals surface area contributed by atoms with Crippen molar-refractivity contribution in [2.24, 2.45) is 34.5 Å². The van der Waals surface area contributed by atoms with Crippen LogP contribution in [0.2, 0.25) is 0 Å². The number of carbonyl (C=O) groups excluding carboxylic acids is 1. The summed E-state index contributed by atoms with van der Waals surface area (Å²) in [6.45, 7) is 6.40. The molecule has 272 valence electrons. The second kappa shape index (κ2) is 13.1. The normalized spacial score (nSPS) is 53.8. The molecule has 12 heteroatoms. The van der Waals surface area contributed by atoms with Gasteiger partial charge in [-0.3, -0.25) is 0 Å². The first-order valence-corrected chi connectivity index (χ1v) is 18.2. The Morgan fingerprint density at radius 2 is 1.71 bits per heavy atom. The second-order valence-corrected chi connectivity index (χ2v) is 16.4. The van der Waals surface area contributed by atoms with Crippen molar-refractivity contribution in [3.8, 4) is 0 Å².